The van der Waals surface area contributed by atoms with Crippen LogP contribution in [0.1, 0.15) is 39.0 Å². The Morgan fingerprint density at radius 1 is 1.35 bits per heavy atom. The summed E-state index contributed by atoms with van der Waals surface area (Å²) in [6.07, 6.45) is 7.36. The molecule has 5 nitrogen and oxygen atoms in total. The number of hydrogen-bond acceptors (Lipinski definition) is 4. The summed E-state index contributed by atoms with van der Waals surface area (Å²) in [5, 5.41) is 13.6. The summed E-state index contributed by atoms with van der Waals surface area (Å²) in [4.78, 5) is 13.5. The summed E-state index contributed by atoms with van der Waals surface area (Å²) in [5.41, 5.74) is 0. The van der Waals surface area contributed by atoms with Gasteiger partial charge >= 0.3 is 0 Å². The van der Waals surface area contributed by atoms with E-state index in [1.165, 1.54) is 32.1 Å². The first-order valence-electron chi connectivity index (χ1n) is 6.43. The second-order valence-corrected chi connectivity index (χ2v) is 4.64. The van der Waals surface area contributed by atoms with Gasteiger partial charge in [0, 0.05) is 12.6 Å². The van der Waals surface area contributed by atoms with Gasteiger partial charge in [0.15, 0.2) is 0 Å². The molecule has 1 rings (SSSR count). The molecule has 1 unspecified atom stereocenters. The molecule has 17 heavy (non-hydrogen) atoms. The minimum atomic E-state index is -0.341. The fourth-order valence-electron chi connectivity index (χ4n) is 2.19. The molecule has 0 radical (unpaired) electrons. The van der Waals surface area contributed by atoms with Crippen molar-refractivity contribution in [3.63, 3.8) is 0 Å². The minimum absolute atomic E-state index is 0.337. The summed E-state index contributed by atoms with van der Waals surface area (Å²) in [7, 11) is 0. The zero-order valence-electron chi connectivity index (χ0n) is 10.6. The normalized spacial score (nSPS) is 20.8. The van der Waals surface area contributed by atoms with Crippen LogP contribution in [0.25, 0.3) is 0 Å². The van der Waals surface area contributed by atoms with Gasteiger partial charge < -0.3 is 10.5 Å². The molecule has 0 saturated carbocycles. The molecular weight excluding hydrogens is 218 g/mol. The van der Waals surface area contributed by atoms with Crippen LogP contribution < -0.4 is 5.32 Å². The van der Waals surface area contributed by atoms with Gasteiger partial charge in [-0.25, -0.2) is 0 Å². The minimum Gasteiger partial charge on any atom is -0.411 e. The largest absolute Gasteiger partial charge is 0.411 e. The lowest BCUT2D eigenvalue weighted by Gasteiger charge is -2.30. The van der Waals surface area contributed by atoms with E-state index >= 15 is 0 Å². The van der Waals surface area contributed by atoms with Gasteiger partial charge in [-0.15, -0.1) is 0 Å². The number of carbonyl (C=O) groups is 1. The average molecular weight is 241 g/mol. The highest BCUT2D eigenvalue weighted by Crippen LogP contribution is 2.12. The third-order valence-electron chi connectivity index (χ3n) is 3.26. The first kappa shape index (κ1) is 14.0. The van der Waals surface area contributed by atoms with Gasteiger partial charge in [-0.2, -0.15) is 0 Å². The monoisotopic (exact) mass is 241 g/mol. The third kappa shape index (κ3) is 5.68. The fraction of sp³-hybridized carbons (Fsp3) is 0.833. The Balaban J connectivity index is 2.29. The summed E-state index contributed by atoms with van der Waals surface area (Å²) >= 11 is 0. The second kappa shape index (κ2) is 8.06. The van der Waals surface area contributed by atoms with Crippen molar-refractivity contribution >= 4 is 12.1 Å². The lowest BCUT2D eigenvalue weighted by molar-refractivity contribution is -0.114. The molecule has 0 aromatic rings. The van der Waals surface area contributed by atoms with Crippen LogP contribution in [0.15, 0.2) is 5.16 Å². The number of rotatable bonds is 4. The zero-order valence-corrected chi connectivity index (χ0v) is 10.6. The van der Waals surface area contributed by atoms with Crippen molar-refractivity contribution in [2.45, 2.75) is 45.1 Å². The Kier molecular flexibility index (Phi) is 6.62. The summed E-state index contributed by atoms with van der Waals surface area (Å²) in [6, 6.07) is 0.337. The number of likely N-dealkylation sites (tertiary alicyclic amines) is 1. The highest BCUT2D eigenvalue weighted by Gasteiger charge is 2.15. The number of nitrogens with zero attached hydrogens (tertiary/aromatic N) is 2. The van der Waals surface area contributed by atoms with Gasteiger partial charge in [0.2, 0.25) is 0 Å². The molecule has 1 heterocycles. The van der Waals surface area contributed by atoms with Crippen LogP contribution in [0, 0.1) is 0 Å². The second-order valence-electron chi connectivity index (χ2n) is 4.64. The van der Waals surface area contributed by atoms with Crippen LogP contribution in [0.4, 0.5) is 0 Å². The van der Waals surface area contributed by atoms with E-state index < -0.39 is 0 Å². The maximum absolute atomic E-state index is 11.1. The predicted octanol–water partition coefficient (Wildman–Crippen LogP) is 1.22. The van der Waals surface area contributed by atoms with Gasteiger partial charge in [0.1, 0.15) is 6.21 Å². The predicted molar refractivity (Wildman–Crippen MR) is 67.4 cm³/mol. The van der Waals surface area contributed by atoms with E-state index in [0.717, 1.165) is 19.3 Å². The van der Waals surface area contributed by atoms with Crippen molar-refractivity contribution in [3.8, 4) is 0 Å². The Bertz CT molecular complexity index is 248. The fourth-order valence-corrected chi connectivity index (χ4v) is 2.19. The molecular formula is C12H23N3O2. The third-order valence-corrected chi connectivity index (χ3v) is 3.26. The molecule has 0 aliphatic carbocycles. The summed E-state index contributed by atoms with van der Waals surface area (Å²) in [6.45, 7) is 4.96. The Labute approximate surface area is 103 Å². The van der Waals surface area contributed by atoms with E-state index in [-0.39, 0.29) is 5.91 Å². The van der Waals surface area contributed by atoms with Crippen LogP contribution in [0.2, 0.25) is 0 Å². The lowest BCUT2D eigenvalue weighted by Crippen LogP contribution is -2.43. The maximum atomic E-state index is 11.1. The van der Waals surface area contributed by atoms with Gasteiger partial charge in [-0.3, -0.25) is 9.69 Å². The first-order valence-corrected chi connectivity index (χ1v) is 6.43. The van der Waals surface area contributed by atoms with Crippen LogP contribution in [-0.2, 0) is 4.79 Å². The van der Waals surface area contributed by atoms with Gasteiger partial charge in [-0.1, -0.05) is 24.4 Å². The molecule has 1 aliphatic heterocycles. The smallest absolute Gasteiger partial charge is 0.265 e. The Morgan fingerprint density at radius 3 is 2.53 bits per heavy atom. The van der Waals surface area contributed by atoms with Crippen molar-refractivity contribution in [2.75, 3.05) is 19.6 Å². The van der Waals surface area contributed by atoms with E-state index in [9.17, 15) is 4.79 Å². The van der Waals surface area contributed by atoms with E-state index in [1.54, 1.807) is 0 Å². The Morgan fingerprint density at radius 2 is 1.94 bits per heavy atom. The molecule has 1 atom stereocenters. The van der Waals surface area contributed by atoms with E-state index in [0.29, 0.717) is 12.6 Å². The summed E-state index contributed by atoms with van der Waals surface area (Å²) < 4.78 is 0. The Hall–Kier alpha value is -1.10. The van der Waals surface area contributed by atoms with E-state index in [4.69, 9.17) is 5.21 Å². The molecule has 1 fully saturated rings. The standard InChI is InChI=1S/C12H23N3O2/c1-11(9-13-12(16)10-14-17)15-7-5-3-2-4-6-8-15/h10-11,17H,2-9H2,1H3,(H,13,16)/b14-10-. The average Bonchev–Trinajstić information content (AvgIpc) is 2.26. The molecule has 0 aromatic carbocycles. The molecule has 2 N–H and O–H groups in total. The molecule has 0 spiro atoms. The molecule has 98 valence electrons. The quantitative estimate of drug-likeness (QED) is 0.442. The number of oxime groups is 1. The number of amides is 1. The van der Waals surface area contributed by atoms with Crippen LogP contribution in [0.3, 0.4) is 0 Å². The van der Waals surface area contributed by atoms with Crippen LogP contribution in [-0.4, -0.2) is 47.9 Å². The molecule has 1 aliphatic rings. The number of carbonyl (C=O) groups excluding carboxylic acids is 1. The van der Waals surface area contributed by atoms with Crippen molar-refractivity contribution in [2.24, 2.45) is 5.16 Å². The van der Waals surface area contributed by atoms with Crippen molar-refractivity contribution in [1.29, 1.82) is 0 Å². The number of nitrogens with one attached hydrogen (secondary N) is 1. The zero-order chi connectivity index (χ0) is 12.5. The molecule has 1 amide bonds. The molecule has 0 bridgehead atoms. The summed E-state index contributed by atoms with van der Waals surface area (Å²) in [5.74, 6) is -0.341. The van der Waals surface area contributed by atoms with Crippen LogP contribution >= 0.6 is 0 Å². The lowest BCUT2D eigenvalue weighted by atomic mass is 10.1. The highest BCUT2D eigenvalue weighted by atomic mass is 16.4. The van der Waals surface area contributed by atoms with Gasteiger partial charge in [-0.05, 0) is 32.9 Å². The molecule has 0 aromatic heterocycles. The molecule has 1 saturated heterocycles. The van der Waals surface area contributed by atoms with Crippen molar-refractivity contribution in [3.05, 3.63) is 0 Å². The SMILES string of the molecule is CC(CNC(=O)/C=N\O)N1CCCCCCC1. The maximum Gasteiger partial charge on any atom is 0.265 e. The first-order chi connectivity index (χ1) is 8.24. The highest BCUT2D eigenvalue weighted by molar-refractivity contribution is 6.25. The van der Waals surface area contributed by atoms with Crippen molar-refractivity contribution < 1.29 is 10.0 Å². The topological polar surface area (TPSA) is 64.9 Å². The van der Waals surface area contributed by atoms with E-state index in [2.05, 4.69) is 22.3 Å². The van der Waals surface area contributed by atoms with Crippen molar-refractivity contribution in [1.82, 2.24) is 10.2 Å². The molecule has 5 heteroatoms. The van der Waals surface area contributed by atoms with Gasteiger partial charge in [0.05, 0.1) is 0 Å². The van der Waals surface area contributed by atoms with Crippen LogP contribution in [0.5, 0.6) is 0 Å². The number of hydrogen-bond donors (Lipinski definition) is 2. The van der Waals surface area contributed by atoms with Gasteiger partial charge in [0.25, 0.3) is 5.91 Å². The van der Waals surface area contributed by atoms with E-state index in [1.807, 2.05) is 0 Å².